The van der Waals surface area contributed by atoms with E-state index in [0.29, 0.717) is 31.2 Å². The van der Waals surface area contributed by atoms with Gasteiger partial charge in [0, 0.05) is 6.42 Å². The van der Waals surface area contributed by atoms with Crippen molar-refractivity contribution in [2.24, 2.45) is 0 Å². The maximum atomic E-state index is 12.5. The molecular formula is C17H19F3N2O3. The van der Waals surface area contributed by atoms with Crippen molar-refractivity contribution < 1.29 is 27.5 Å². The third-order valence-corrected chi connectivity index (χ3v) is 3.50. The second kappa shape index (κ2) is 9.67. The number of methoxy groups -OCH3 is 1. The highest BCUT2D eigenvalue weighted by Crippen LogP contribution is 2.29. The van der Waals surface area contributed by atoms with E-state index in [4.69, 9.17) is 5.26 Å². The second-order valence-corrected chi connectivity index (χ2v) is 5.42. The van der Waals surface area contributed by atoms with E-state index in [-0.39, 0.29) is 6.42 Å². The van der Waals surface area contributed by atoms with Crippen molar-refractivity contribution in [3.05, 3.63) is 35.4 Å². The number of nitrogens with one attached hydrogen (secondary N) is 1. The molecule has 0 heterocycles. The fourth-order valence-electron chi connectivity index (χ4n) is 2.19. The van der Waals surface area contributed by atoms with Gasteiger partial charge >= 0.3 is 12.1 Å². The minimum absolute atomic E-state index is 0.149. The molecule has 0 spiro atoms. The second-order valence-electron chi connectivity index (χ2n) is 5.42. The molecular weight excluding hydrogens is 337 g/mol. The van der Waals surface area contributed by atoms with Gasteiger partial charge in [-0.25, -0.2) is 4.79 Å². The topological polar surface area (TPSA) is 79.2 Å². The minimum atomic E-state index is -4.43. The Kier molecular flexibility index (Phi) is 7.92. The summed E-state index contributed by atoms with van der Waals surface area (Å²) in [5.41, 5.74) is -0.389. The van der Waals surface area contributed by atoms with Gasteiger partial charge < -0.3 is 10.1 Å². The number of nitrogens with zero attached hydrogens (tertiary/aromatic N) is 1. The quantitative estimate of drug-likeness (QED) is 0.574. The van der Waals surface area contributed by atoms with Crippen molar-refractivity contribution in [3.63, 3.8) is 0 Å². The van der Waals surface area contributed by atoms with Crippen molar-refractivity contribution in [2.75, 3.05) is 7.11 Å². The van der Waals surface area contributed by atoms with Crippen LogP contribution in [-0.4, -0.2) is 25.0 Å². The average molecular weight is 356 g/mol. The van der Waals surface area contributed by atoms with Gasteiger partial charge in [-0.05, 0) is 37.0 Å². The average Bonchev–Trinajstić information content (AvgIpc) is 2.56. The number of amides is 1. The van der Waals surface area contributed by atoms with Gasteiger partial charge in [0.2, 0.25) is 5.91 Å². The number of nitriles is 1. The SMILES string of the molecule is COC(=O)[C@H](CCCCC#N)NC(=O)Cc1ccc(C(F)(F)F)cc1. The van der Waals surface area contributed by atoms with Crippen LogP contribution in [0.3, 0.4) is 0 Å². The number of esters is 1. The molecule has 0 aromatic heterocycles. The number of carbonyl (C=O) groups is 2. The number of unbranched alkanes of at least 4 members (excludes halogenated alkanes) is 2. The third kappa shape index (κ3) is 7.25. The van der Waals surface area contributed by atoms with Gasteiger partial charge in [0.05, 0.1) is 25.2 Å². The number of rotatable bonds is 8. The van der Waals surface area contributed by atoms with Gasteiger partial charge in [-0.3, -0.25) is 4.79 Å². The number of ether oxygens (including phenoxy) is 1. The largest absolute Gasteiger partial charge is 0.467 e. The van der Waals surface area contributed by atoms with Crippen LogP contribution >= 0.6 is 0 Å². The van der Waals surface area contributed by atoms with Gasteiger partial charge in [0.25, 0.3) is 0 Å². The summed E-state index contributed by atoms with van der Waals surface area (Å²) >= 11 is 0. The first-order chi connectivity index (χ1) is 11.8. The minimum Gasteiger partial charge on any atom is -0.467 e. The highest BCUT2D eigenvalue weighted by Gasteiger charge is 2.30. The zero-order valence-electron chi connectivity index (χ0n) is 13.7. The molecule has 0 saturated heterocycles. The first kappa shape index (κ1) is 20.5. The molecule has 0 bridgehead atoms. The van der Waals surface area contributed by atoms with Crippen LogP contribution < -0.4 is 5.32 Å². The number of halogens is 3. The third-order valence-electron chi connectivity index (χ3n) is 3.50. The summed E-state index contributed by atoms with van der Waals surface area (Å²) in [7, 11) is 1.20. The van der Waals surface area contributed by atoms with E-state index in [9.17, 15) is 22.8 Å². The Morgan fingerprint density at radius 3 is 2.40 bits per heavy atom. The zero-order valence-corrected chi connectivity index (χ0v) is 13.7. The highest BCUT2D eigenvalue weighted by atomic mass is 19.4. The maximum absolute atomic E-state index is 12.5. The first-order valence-electron chi connectivity index (χ1n) is 7.68. The molecule has 0 saturated carbocycles. The van der Waals surface area contributed by atoms with Crippen LogP contribution in [-0.2, 0) is 26.9 Å². The summed E-state index contributed by atoms with van der Waals surface area (Å²) in [5.74, 6) is -1.09. The summed E-state index contributed by atoms with van der Waals surface area (Å²) in [6, 6.07) is 5.41. The standard InChI is InChI=1S/C17H19F3N2O3/c1-25-16(24)14(5-3-2-4-10-21)22-15(23)11-12-6-8-13(9-7-12)17(18,19)20/h6-9,14H,2-5,11H2,1H3,(H,22,23)/t14-/m0/s1. The summed E-state index contributed by atoms with van der Waals surface area (Å²) < 4.78 is 42.1. The van der Waals surface area contributed by atoms with E-state index < -0.39 is 29.7 Å². The summed E-state index contributed by atoms with van der Waals surface area (Å²) in [6.45, 7) is 0. The first-order valence-corrected chi connectivity index (χ1v) is 7.68. The van der Waals surface area contributed by atoms with Gasteiger partial charge in [0.15, 0.2) is 0 Å². The van der Waals surface area contributed by atoms with E-state index in [1.165, 1.54) is 19.2 Å². The summed E-state index contributed by atoms with van der Waals surface area (Å²) in [4.78, 5) is 23.7. The molecule has 0 unspecified atom stereocenters. The molecule has 1 N–H and O–H groups in total. The molecule has 8 heteroatoms. The molecule has 0 aliphatic heterocycles. The van der Waals surface area contributed by atoms with Crippen molar-refractivity contribution in [1.29, 1.82) is 5.26 Å². The van der Waals surface area contributed by atoms with E-state index in [1.807, 2.05) is 6.07 Å². The van der Waals surface area contributed by atoms with Crippen LogP contribution in [0.1, 0.15) is 36.8 Å². The van der Waals surface area contributed by atoms with E-state index >= 15 is 0 Å². The molecule has 1 atom stereocenters. The van der Waals surface area contributed by atoms with Gasteiger partial charge in [-0.2, -0.15) is 18.4 Å². The Bertz CT molecular complexity index is 622. The Labute approximate surface area is 143 Å². The Morgan fingerprint density at radius 1 is 1.24 bits per heavy atom. The van der Waals surface area contributed by atoms with Crippen molar-refractivity contribution in [1.82, 2.24) is 5.32 Å². The monoisotopic (exact) mass is 356 g/mol. The van der Waals surface area contributed by atoms with E-state index in [0.717, 1.165) is 12.1 Å². The molecule has 0 aliphatic carbocycles. The number of hydrogen-bond acceptors (Lipinski definition) is 4. The summed E-state index contributed by atoms with van der Waals surface area (Å²) in [6.07, 6.45) is -2.74. The Balaban J connectivity index is 2.61. The molecule has 1 amide bonds. The number of hydrogen-bond donors (Lipinski definition) is 1. The molecule has 0 radical (unpaired) electrons. The summed E-state index contributed by atoms with van der Waals surface area (Å²) in [5, 5.41) is 11.0. The number of alkyl halides is 3. The molecule has 5 nitrogen and oxygen atoms in total. The fourth-order valence-corrected chi connectivity index (χ4v) is 2.19. The molecule has 1 rings (SSSR count). The molecule has 25 heavy (non-hydrogen) atoms. The highest BCUT2D eigenvalue weighted by molar-refractivity contribution is 5.85. The lowest BCUT2D eigenvalue weighted by molar-refractivity contribution is -0.145. The smallest absolute Gasteiger partial charge is 0.416 e. The Morgan fingerprint density at radius 2 is 1.88 bits per heavy atom. The van der Waals surface area contributed by atoms with Gasteiger partial charge in [0.1, 0.15) is 6.04 Å². The molecule has 1 aromatic rings. The normalized spacial score (nSPS) is 12.1. The number of benzene rings is 1. The van der Waals surface area contributed by atoms with Crippen LogP contribution in [0.4, 0.5) is 13.2 Å². The van der Waals surface area contributed by atoms with Crippen molar-refractivity contribution >= 4 is 11.9 Å². The van der Waals surface area contributed by atoms with E-state index in [1.54, 1.807) is 0 Å². The van der Waals surface area contributed by atoms with Crippen molar-refractivity contribution in [3.8, 4) is 6.07 Å². The lowest BCUT2D eigenvalue weighted by Gasteiger charge is -2.16. The molecule has 136 valence electrons. The zero-order chi connectivity index (χ0) is 18.9. The Hall–Kier alpha value is -2.56. The van der Waals surface area contributed by atoms with Crippen molar-refractivity contribution in [2.45, 2.75) is 44.3 Å². The maximum Gasteiger partial charge on any atom is 0.416 e. The molecule has 1 aromatic carbocycles. The van der Waals surface area contributed by atoms with Gasteiger partial charge in [-0.1, -0.05) is 12.1 Å². The predicted octanol–water partition coefficient (Wildman–Crippen LogP) is 2.99. The van der Waals surface area contributed by atoms with Crippen LogP contribution in [0, 0.1) is 11.3 Å². The van der Waals surface area contributed by atoms with Crippen LogP contribution in [0.2, 0.25) is 0 Å². The molecule has 0 fully saturated rings. The van der Waals surface area contributed by atoms with Crippen LogP contribution in [0.15, 0.2) is 24.3 Å². The van der Waals surface area contributed by atoms with Gasteiger partial charge in [-0.15, -0.1) is 0 Å². The lowest BCUT2D eigenvalue weighted by atomic mass is 10.1. The number of carbonyl (C=O) groups excluding carboxylic acids is 2. The lowest BCUT2D eigenvalue weighted by Crippen LogP contribution is -2.42. The molecule has 0 aliphatic rings. The van der Waals surface area contributed by atoms with Crippen LogP contribution in [0.25, 0.3) is 0 Å². The predicted molar refractivity (Wildman–Crippen MR) is 83.2 cm³/mol. The van der Waals surface area contributed by atoms with Crippen LogP contribution in [0.5, 0.6) is 0 Å². The fraction of sp³-hybridized carbons (Fsp3) is 0.471. The van der Waals surface area contributed by atoms with E-state index in [2.05, 4.69) is 10.1 Å².